The molecule has 0 radical (unpaired) electrons. The van der Waals surface area contributed by atoms with Crippen LogP contribution in [0, 0.1) is 0 Å². The Hall–Kier alpha value is -2.96. The van der Waals surface area contributed by atoms with E-state index in [0.717, 1.165) is 31.7 Å². The van der Waals surface area contributed by atoms with E-state index in [0.29, 0.717) is 17.1 Å². The number of piperidine rings is 1. The molecule has 1 fully saturated rings. The van der Waals surface area contributed by atoms with E-state index in [1.807, 2.05) is 0 Å². The fourth-order valence-corrected chi connectivity index (χ4v) is 2.83. The monoisotopic (exact) mass is 354 g/mol. The first-order valence-electron chi connectivity index (χ1n) is 8.72. The van der Waals surface area contributed by atoms with Crippen LogP contribution >= 0.6 is 0 Å². The van der Waals surface area contributed by atoms with E-state index in [1.165, 1.54) is 19.7 Å². The van der Waals surface area contributed by atoms with Gasteiger partial charge in [0.25, 0.3) is 5.91 Å². The molecule has 1 aliphatic rings. The summed E-state index contributed by atoms with van der Waals surface area (Å²) >= 11 is 0. The van der Waals surface area contributed by atoms with Crippen molar-refractivity contribution in [3.05, 3.63) is 42.2 Å². The third-order valence-corrected chi connectivity index (χ3v) is 4.23. The molecule has 0 saturated carbocycles. The number of rotatable bonds is 6. The molecule has 0 unspecified atom stereocenters. The Bertz CT molecular complexity index is 771. The van der Waals surface area contributed by atoms with Gasteiger partial charge in [-0.15, -0.1) is 0 Å². The van der Waals surface area contributed by atoms with Crippen LogP contribution in [0.15, 0.2) is 36.7 Å². The Balaban J connectivity index is 1.53. The molecule has 2 heterocycles. The molecule has 0 atom stereocenters. The molecule has 1 N–H and O–H groups in total. The molecule has 0 bridgehead atoms. The van der Waals surface area contributed by atoms with Gasteiger partial charge in [0.1, 0.15) is 23.7 Å². The van der Waals surface area contributed by atoms with Gasteiger partial charge in [0.2, 0.25) is 0 Å². The Kier molecular flexibility index (Phi) is 5.78. The normalized spacial score (nSPS) is 14.0. The van der Waals surface area contributed by atoms with Crippen LogP contribution in [0.4, 0.5) is 11.6 Å². The number of anilines is 2. The molecule has 1 aromatic carbocycles. The lowest BCUT2D eigenvalue weighted by molar-refractivity contribution is -0.118. The molecule has 1 aliphatic heterocycles. The molecule has 1 aromatic heterocycles. The first kappa shape index (κ1) is 17.8. The number of benzene rings is 1. The average Bonchev–Trinajstić information content (AvgIpc) is 2.67. The second-order valence-electron chi connectivity index (χ2n) is 6.23. The summed E-state index contributed by atoms with van der Waals surface area (Å²) in [6.45, 7) is 3.32. The third-order valence-electron chi connectivity index (χ3n) is 4.23. The molecular formula is C19H22N4O3. The zero-order chi connectivity index (χ0) is 18.4. The highest BCUT2D eigenvalue weighted by molar-refractivity contribution is 5.94. The van der Waals surface area contributed by atoms with Crippen LogP contribution in [0.5, 0.6) is 5.75 Å². The lowest BCUT2D eigenvalue weighted by atomic mass is 10.1. The highest BCUT2D eigenvalue weighted by Crippen LogP contribution is 2.19. The van der Waals surface area contributed by atoms with Crippen molar-refractivity contribution in [1.29, 1.82) is 0 Å². The van der Waals surface area contributed by atoms with Gasteiger partial charge in [0, 0.05) is 24.7 Å². The highest BCUT2D eigenvalue weighted by Gasteiger charge is 2.13. The van der Waals surface area contributed by atoms with Gasteiger partial charge in [-0.05, 0) is 50.5 Å². The molecule has 2 aromatic rings. The van der Waals surface area contributed by atoms with Crippen molar-refractivity contribution < 1.29 is 14.3 Å². The van der Waals surface area contributed by atoms with Crippen molar-refractivity contribution in [2.24, 2.45) is 0 Å². The number of Topliss-reactive ketones (excluding diaryl/α,β-unsaturated/α-hetero) is 1. The predicted molar refractivity (Wildman–Crippen MR) is 98.7 cm³/mol. The Morgan fingerprint density at radius 1 is 1.12 bits per heavy atom. The number of ketones is 1. The van der Waals surface area contributed by atoms with Gasteiger partial charge >= 0.3 is 0 Å². The molecule has 3 rings (SSSR count). The number of amides is 1. The molecular weight excluding hydrogens is 332 g/mol. The first-order chi connectivity index (χ1) is 12.6. The van der Waals surface area contributed by atoms with Gasteiger partial charge in [-0.25, -0.2) is 9.97 Å². The number of hydrogen-bond donors (Lipinski definition) is 1. The molecule has 26 heavy (non-hydrogen) atoms. The van der Waals surface area contributed by atoms with Gasteiger partial charge in [-0.3, -0.25) is 9.59 Å². The minimum absolute atomic E-state index is 0.0115. The van der Waals surface area contributed by atoms with Gasteiger partial charge in [-0.2, -0.15) is 0 Å². The van der Waals surface area contributed by atoms with Crippen LogP contribution in [-0.4, -0.2) is 41.4 Å². The maximum atomic E-state index is 12.1. The summed E-state index contributed by atoms with van der Waals surface area (Å²) in [6.07, 6.45) is 5.01. The quantitative estimate of drug-likeness (QED) is 0.803. The van der Waals surface area contributed by atoms with E-state index in [4.69, 9.17) is 4.74 Å². The average molecular weight is 354 g/mol. The van der Waals surface area contributed by atoms with Crippen LogP contribution in [0.2, 0.25) is 0 Å². The number of carbonyl (C=O) groups is 2. The predicted octanol–water partition coefficient (Wildman–Crippen LogP) is 2.69. The Morgan fingerprint density at radius 2 is 1.85 bits per heavy atom. The number of nitrogens with one attached hydrogen (secondary N) is 1. The fourth-order valence-electron chi connectivity index (χ4n) is 2.83. The summed E-state index contributed by atoms with van der Waals surface area (Å²) in [5.41, 5.74) is 0.605. The van der Waals surface area contributed by atoms with E-state index in [9.17, 15) is 9.59 Å². The van der Waals surface area contributed by atoms with Crippen LogP contribution in [-0.2, 0) is 4.79 Å². The van der Waals surface area contributed by atoms with Crippen LogP contribution in [0.3, 0.4) is 0 Å². The van der Waals surface area contributed by atoms with Crippen molar-refractivity contribution in [2.75, 3.05) is 29.9 Å². The molecule has 1 amide bonds. The summed E-state index contributed by atoms with van der Waals surface area (Å²) in [7, 11) is 0. The van der Waals surface area contributed by atoms with E-state index in [2.05, 4.69) is 20.2 Å². The van der Waals surface area contributed by atoms with E-state index in [-0.39, 0.29) is 18.3 Å². The maximum Gasteiger partial charge on any atom is 0.263 e. The van der Waals surface area contributed by atoms with Crippen LogP contribution < -0.4 is 15.0 Å². The number of aromatic nitrogens is 2. The summed E-state index contributed by atoms with van der Waals surface area (Å²) in [5, 5.41) is 2.73. The minimum atomic E-state index is -0.302. The maximum absolute atomic E-state index is 12.1. The van der Waals surface area contributed by atoms with Gasteiger partial charge in [0.05, 0.1) is 0 Å². The Morgan fingerprint density at radius 3 is 2.54 bits per heavy atom. The lowest BCUT2D eigenvalue weighted by Gasteiger charge is -2.27. The van der Waals surface area contributed by atoms with E-state index >= 15 is 0 Å². The zero-order valence-corrected chi connectivity index (χ0v) is 14.8. The van der Waals surface area contributed by atoms with Crippen molar-refractivity contribution in [3.63, 3.8) is 0 Å². The van der Waals surface area contributed by atoms with Gasteiger partial charge in [-0.1, -0.05) is 0 Å². The molecule has 0 spiro atoms. The van der Waals surface area contributed by atoms with Gasteiger partial charge < -0.3 is 15.0 Å². The van der Waals surface area contributed by atoms with Crippen molar-refractivity contribution in [2.45, 2.75) is 26.2 Å². The number of hydrogen-bond acceptors (Lipinski definition) is 6. The van der Waals surface area contributed by atoms with Crippen molar-refractivity contribution in [3.8, 4) is 5.75 Å². The second kappa shape index (κ2) is 8.42. The topological polar surface area (TPSA) is 84.4 Å². The second-order valence-corrected chi connectivity index (χ2v) is 6.23. The van der Waals surface area contributed by atoms with E-state index < -0.39 is 0 Å². The summed E-state index contributed by atoms with van der Waals surface area (Å²) in [4.78, 5) is 33.9. The van der Waals surface area contributed by atoms with Crippen LogP contribution in [0.25, 0.3) is 0 Å². The van der Waals surface area contributed by atoms with Crippen molar-refractivity contribution >= 4 is 23.3 Å². The SMILES string of the molecule is CC(=O)c1ccc(OCC(=O)Nc2cc(N3CCCCC3)ncn2)cc1. The highest BCUT2D eigenvalue weighted by atomic mass is 16.5. The largest absolute Gasteiger partial charge is 0.484 e. The first-order valence-corrected chi connectivity index (χ1v) is 8.72. The molecule has 1 saturated heterocycles. The Labute approximate surface area is 152 Å². The van der Waals surface area contributed by atoms with Crippen molar-refractivity contribution in [1.82, 2.24) is 9.97 Å². The number of carbonyl (C=O) groups excluding carboxylic acids is 2. The fraction of sp³-hybridized carbons (Fsp3) is 0.368. The standard InChI is InChI=1S/C19H22N4O3/c1-14(24)15-5-7-16(8-6-15)26-12-19(25)22-17-11-18(21-13-20-17)23-9-3-2-4-10-23/h5-8,11,13H,2-4,9-10,12H2,1H3,(H,20,21,22,25). The smallest absolute Gasteiger partial charge is 0.263 e. The zero-order valence-electron chi connectivity index (χ0n) is 14.8. The number of ether oxygens (including phenoxy) is 1. The lowest BCUT2D eigenvalue weighted by Crippen LogP contribution is -2.30. The molecule has 0 aliphatic carbocycles. The third kappa shape index (κ3) is 4.78. The summed E-state index contributed by atoms with van der Waals surface area (Å²) < 4.78 is 5.44. The van der Waals surface area contributed by atoms with Gasteiger partial charge in [0.15, 0.2) is 12.4 Å². The summed E-state index contributed by atoms with van der Waals surface area (Å²) in [6, 6.07) is 8.47. The molecule has 7 nitrogen and oxygen atoms in total. The summed E-state index contributed by atoms with van der Waals surface area (Å²) in [5.74, 6) is 1.50. The molecule has 7 heteroatoms. The minimum Gasteiger partial charge on any atom is -0.484 e. The van der Waals surface area contributed by atoms with E-state index in [1.54, 1.807) is 30.3 Å². The number of nitrogens with zero attached hydrogens (tertiary/aromatic N) is 3. The molecule has 136 valence electrons. The van der Waals surface area contributed by atoms with Crippen LogP contribution in [0.1, 0.15) is 36.5 Å².